The second kappa shape index (κ2) is 11.8. The average Bonchev–Trinajstić information content (AvgIpc) is 3.28. The lowest BCUT2D eigenvalue weighted by molar-refractivity contribution is -0.156. The summed E-state index contributed by atoms with van der Waals surface area (Å²) >= 11 is 0. The Labute approximate surface area is 264 Å². The Balaban J connectivity index is 1.54. The minimum absolute atomic E-state index is 0.287. The molecule has 1 unspecified atom stereocenters. The number of carbonyl (C=O) groups is 2. The topological polar surface area (TPSA) is 100 Å². The molecule has 4 aliphatic carbocycles. The molecular weight excluding hydrogens is 603 g/mol. The molecule has 1 amide bonds. The number of alkyl halides is 3. The average molecular weight is 650 g/mol. The van der Waals surface area contributed by atoms with Crippen molar-refractivity contribution in [2.75, 3.05) is 0 Å². The number of nitrogens with zero attached hydrogens (tertiary/aromatic N) is 1. The van der Waals surface area contributed by atoms with Crippen LogP contribution in [0.5, 0.6) is 0 Å². The van der Waals surface area contributed by atoms with Crippen molar-refractivity contribution in [3.05, 3.63) is 41.1 Å². The van der Waals surface area contributed by atoms with Gasteiger partial charge in [0, 0.05) is 29.0 Å². The zero-order chi connectivity index (χ0) is 33.0. The maximum atomic E-state index is 14.5. The predicted octanol–water partition coefficient (Wildman–Crippen LogP) is 7.35. The van der Waals surface area contributed by atoms with E-state index in [4.69, 9.17) is 0 Å². The summed E-state index contributed by atoms with van der Waals surface area (Å²) in [6.45, 7) is 7.58. The smallest absolute Gasteiger partial charge is 0.417 e. The summed E-state index contributed by atoms with van der Waals surface area (Å²) in [5.74, 6) is 2.94. The van der Waals surface area contributed by atoms with Crippen molar-refractivity contribution in [1.82, 2.24) is 14.6 Å². The van der Waals surface area contributed by atoms with E-state index in [0.717, 1.165) is 38.2 Å². The van der Waals surface area contributed by atoms with Gasteiger partial charge in [0.2, 0.25) is 0 Å². The first-order valence-corrected chi connectivity index (χ1v) is 17.7. The van der Waals surface area contributed by atoms with Crippen LogP contribution in [-0.4, -0.2) is 42.7 Å². The quantitative estimate of drug-likeness (QED) is 0.261. The Bertz CT molecular complexity index is 1560. The van der Waals surface area contributed by atoms with E-state index in [-0.39, 0.29) is 11.5 Å². The molecule has 2 bridgehead atoms. The van der Waals surface area contributed by atoms with Crippen LogP contribution >= 0.6 is 0 Å². The summed E-state index contributed by atoms with van der Waals surface area (Å²) in [7, 11) is -3.49. The molecule has 3 N–H and O–H groups in total. The molecule has 4 aliphatic rings. The van der Waals surface area contributed by atoms with Gasteiger partial charge in [0.25, 0.3) is 5.91 Å². The number of hydrogen-bond donors (Lipinski definition) is 3. The van der Waals surface area contributed by atoms with Crippen LogP contribution in [0.4, 0.5) is 13.2 Å². The van der Waals surface area contributed by atoms with Crippen molar-refractivity contribution in [3.8, 4) is 11.3 Å². The fourth-order valence-electron chi connectivity index (χ4n) is 7.73. The summed E-state index contributed by atoms with van der Waals surface area (Å²) < 4.78 is 61.8. The van der Waals surface area contributed by atoms with E-state index in [9.17, 15) is 32.1 Å². The highest BCUT2D eigenvalue weighted by Gasteiger charge is 2.53. The SMILES string of the molecule is C=S(=O)(NC(C)(C)C)c1ccc(-c2cc(C(=O)NC34CCC(C(=O)O)(CC3)CC4)c(C)n2CC2CCCCC2)cc1C(F)(F)F. The molecule has 11 heteroatoms. The van der Waals surface area contributed by atoms with Gasteiger partial charge < -0.3 is 15.0 Å². The molecule has 0 aliphatic heterocycles. The number of halogens is 3. The zero-order valence-electron chi connectivity index (χ0n) is 26.7. The lowest BCUT2D eigenvalue weighted by Gasteiger charge is -2.51. The number of carboxylic acid groups (broad SMARTS) is 1. The maximum absolute atomic E-state index is 14.5. The van der Waals surface area contributed by atoms with Crippen molar-refractivity contribution in [3.63, 3.8) is 0 Å². The van der Waals surface area contributed by atoms with Crippen molar-refractivity contribution in [2.45, 2.75) is 127 Å². The van der Waals surface area contributed by atoms with Gasteiger partial charge in [-0.25, -0.2) is 8.93 Å². The Kier molecular flexibility index (Phi) is 8.79. The van der Waals surface area contributed by atoms with Gasteiger partial charge in [0.15, 0.2) is 0 Å². The first kappa shape index (κ1) is 33.6. The number of carboxylic acids is 1. The second-order valence-electron chi connectivity index (χ2n) is 14.7. The molecule has 0 radical (unpaired) electrons. The molecule has 7 nitrogen and oxygen atoms in total. The van der Waals surface area contributed by atoms with Crippen molar-refractivity contribution in [1.29, 1.82) is 0 Å². The van der Waals surface area contributed by atoms with E-state index < -0.39 is 48.8 Å². The summed E-state index contributed by atoms with van der Waals surface area (Å²) in [6.07, 6.45) is 3.91. The lowest BCUT2D eigenvalue weighted by Crippen LogP contribution is -2.58. The lowest BCUT2D eigenvalue weighted by atomic mass is 9.57. The van der Waals surface area contributed by atoms with Crippen LogP contribution in [0.3, 0.4) is 0 Å². The van der Waals surface area contributed by atoms with Crippen LogP contribution < -0.4 is 10.0 Å². The van der Waals surface area contributed by atoms with E-state index >= 15 is 0 Å². The van der Waals surface area contributed by atoms with Crippen molar-refractivity contribution < 1.29 is 32.1 Å². The van der Waals surface area contributed by atoms with Crippen LogP contribution in [0.15, 0.2) is 29.2 Å². The maximum Gasteiger partial charge on any atom is 0.417 e. The Morgan fingerprint density at radius 3 is 2.16 bits per heavy atom. The van der Waals surface area contributed by atoms with Gasteiger partial charge in [-0.3, -0.25) is 9.59 Å². The minimum Gasteiger partial charge on any atom is -0.481 e. The summed E-state index contributed by atoms with van der Waals surface area (Å²) in [4.78, 5) is 25.4. The molecule has 0 saturated heterocycles. The zero-order valence-corrected chi connectivity index (χ0v) is 27.6. The molecule has 4 saturated carbocycles. The van der Waals surface area contributed by atoms with E-state index in [1.54, 1.807) is 32.9 Å². The van der Waals surface area contributed by atoms with E-state index in [2.05, 4.69) is 15.9 Å². The fraction of sp³-hybridized carbons (Fsp3) is 0.618. The van der Waals surface area contributed by atoms with Crippen molar-refractivity contribution in [2.24, 2.45) is 11.3 Å². The normalized spacial score (nSPS) is 25.6. The summed E-state index contributed by atoms with van der Waals surface area (Å²) in [5.41, 5.74) is -1.06. The number of fused-ring (bicyclic) bond motifs is 3. The number of amides is 1. The molecule has 4 fully saturated rings. The van der Waals surface area contributed by atoms with Gasteiger partial charge in [-0.2, -0.15) is 13.2 Å². The molecular formula is C34H46F3N3O4S. The molecule has 1 aromatic heterocycles. The molecule has 248 valence electrons. The Morgan fingerprint density at radius 2 is 1.62 bits per heavy atom. The minimum atomic E-state index is -4.78. The Hall–Kier alpha value is -2.79. The molecule has 2 aromatic rings. The molecule has 1 atom stereocenters. The monoisotopic (exact) mass is 649 g/mol. The number of rotatable bonds is 8. The molecule has 1 aromatic carbocycles. The first-order valence-electron chi connectivity index (χ1n) is 16.0. The Morgan fingerprint density at radius 1 is 1.02 bits per heavy atom. The van der Waals surface area contributed by atoms with Crippen molar-refractivity contribution >= 4 is 27.5 Å². The first-order chi connectivity index (χ1) is 20.8. The predicted molar refractivity (Wildman–Crippen MR) is 171 cm³/mol. The molecule has 1 heterocycles. The second-order valence-corrected chi connectivity index (χ2v) is 16.7. The highest BCUT2D eigenvalue weighted by molar-refractivity contribution is 7.98. The molecule has 45 heavy (non-hydrogen) atoms. The number of aromatic nitrogens is 1. The van der Waals surface area contributed by atoms with Crippen LogP contribution in [0.1, 0.15) is 113 Å². The van der Waals surface area contributed by atoms with E-state index in [1.807, 2.05) is 11.5 Å². The standard InChI is InChI=1S/C34H46F3N3O4S/c1-22-25(29(41)38-33-16-13-32(14-17-33,15-18-33)30(42)43)20-27(40(22)21-23-9-7-6-8-10-23)24-11-12-28(26(19-24)34(35,36)37)45(5,44)39-31(2,3)4/h11-12,19-20,23H,5-10,13-18,21H2,1-4H3,(H,38,41)(H,39,44)(H,42,43). The number of aliphatic carboxylic acids is 1. The van der Waals surface area contributed by atoms with Crippen LogP contribution in [-0.2, 0) is 27.2 Å². The third kappa shape index (κ3) is 6.84. The summed E-state index contributed by atoms with van der Waals surface area (Å²) in [6, 6.07) is 5.50. The van der Waals surface area contributed by atoms with Gasteiger partial charge in [0.1, 0.15) is 0 Å². The van der Waals surface area contributed by atoms with Gasteiger partial charge in [-0.05, 0) is 115 Å². The van der Waals surface area contributed by atoms with Gasteiger partial charge in [-0.1, -0.05) is 25.3 Å². The van der Waals surface area contributed by atoms with Crippen LogP contribution in [0.2, 0.25) is 0 Å². The third-order valence-corrected chi connectivity index (χ3v) is 12.3. The van der Waals surface area contributed by atoms with Crippen LogP contribution in [0.25, 0.3) is 11.3 Å². The number of benzene rings is 1. The largest absolute Gasteiger partial charge is 0.481 e. The fourth-order valence-corrected chi connectivity index (χ4v) is 9.64. The van der Waals surface area contributed by atoms with E-state index in [0.29, 0.717) is 67.9 Å². The van der Waals surface area contributed by atoms with Gasteiger partial charge >= 0.3 is 12.1 Å². The number of hydrogen-bond acceptors (Lipinski definition) is 3. The molecule has 6 rings (SSSR count). The third-order valence-electron chi connectivity index (χ3n) is 10.3. The number of nitrogens with one attached hydrogen (secondary N) is 2. The van der Waals surface area contributed by atoms with Gasteiger partial charge in [-0.15, -0.1) is 0 Å². The summed E-state index contributed by atoms with van der Waals surface area (Å²) in [5, 5.41) is 13.0. The highest BCUT2D eigenvalue weighted by atomic mass is 32.2. The van der Waals surface area contributed by atoms with Crippen LogP contribution in [0, 0.1) is 18.3 Å². The van der Waals surface area contributed by atoms with Gasteiger partial charge in [0.05, 0.1) is 31.1 Å². The highest BCUT2D eigenvalue weighted by Crippen LogP contribution is 2.52. The van der Waals surface area contributed by atoms with E-state index in [1.165, 1.54) is 6.07 Å². The number of carbonyl (C=O) groups excluding carboxylic acids is 1. The molecule has 0 spiro atoms.